The molecule has 0 amide bonds. The first kappa shape index (κ1) is 61.6. The average molecular weight is 905 g/mol. The molecule has 6 heteroatoms. The predicted molar refractivity (Wildman–Crippen MR) is 279 cm³/mol. The highest BCUT2D eigenvalue weighted by Crippen LogP contribution is 2.14. The lowest BCUT2D eigenvalue weighted by Crippen LogP contribution is -2.30. The molecule has 0 aromatic carbocycles. The molecule has 0 heterocycles. The molecule has 0 saturated heterocycles. The molecule has 1 unspecified atom stereocenters. The number of ether oxygens (including phenoxy) is 3. The summed E-state index contributed by atoms with van der Waals surface area (Å²) >= 11 is 0. The third-order valence-electron chi connectivity index (χ3n) is 11.5. The lowest BCUT2D eigenvalue weighted by atomic mass is 10.1. The second-order valence-electron chi connectivity index (χ2n) is 17.9. The van der Waals surface area contributed by atoms with Crippen LogP contribution in [0.5, 0.6) is 0 Å². The van der Waals surface area contributed by atoms with E-state index in [9.17, 15) is 14.4 Å². The van der Waals surface area contributed by atoms with Gasteiger partial charge in [-0.3, -0.25) is 14.4 Å². The van der Waals surface area contributed by atoms with E-state index in [0.29, 0.717) is 19.3 Å². The minimum absolute atomic E-state index is 0.0964. The van der Waals surface area contributed by atoms with E-state index in [1.165, 1.54) is 103 Å². The Hall–Kier alpha value is -3.41. The monoisotopic (exact) mass is 905 g/mol. The topological polar surface area (TPSA) is 78.9 Å². The molecule has 0 rings (SSSR count). The van der Waals surface area contributed by atoms with Crippen LogP contribution < -0.4 is 0 Å². The molecule has 0 N–H and O–H groups in total. The van der Waals surface area contributed by atoms with Crippen LogP contribution in [0.4, 0.5) is 0 Å². The van der Waals surface area contributed by atoms with Crippen molar-refractivity contribution in [2.24, 2.45) is 0 Å². The zero-order chi connectivity index (χ0) is 47.2. The maximum atomic E-state index is 12.8. The number of hydrogen-bond donors (Lipinski definition) is 0. The fourth-order valence-electron chi connectivity index (χ4n) is 7.34. The van der Waals surface area contributed by atoms with Gasteiger partial charge in [0.1, 0.15) is 13.2 Å². The Morgan fingerprint density at radius 1 is 0.308 bits per heavy atom. The summed E-state index contributed by atoms with van der Waals surface area (Å²) in [6, 6.07) is 0. The van der Waals surface area contributed by atoms with Gasteiger partial charge in [-0.1, -0.05) is 228 Å². The van der Waals surface area contributed by atoms with Gasteiger partial charge in [0.05, 0.1) is 0 Å². The number of hydrogen-bond acceptors (Lipinski definition) is 6. The van der Waals surface area contributed by atoms with Crippen LogP contribution in [-0.4, -0.2) is 37.2 Å². The van der Waals surface area contributed by atoms with Gasteiger partial charge in [-0.2, -0.15) is 0 Å². The third kappa shape index (κ3) is 51.4. The van der Waals surface area contributed by atoms with Crippen molar-refractivity contribution in [2.45, 2.75) is 258 Å². The van der Waals surface area contributed by atoms with Gasteiger partial charge in [0.15, 0.2) is 6.10 Å². The van der Waals surface area contributed by atoms with Crippen molar-refractivity contribution in [3.63, 3.8) is 0 Å². The lowest BCUT2D eigenvalue weighted by Gasteiger charge is -2.18. The van der Waals surface area contributed by atoms with E-state index in [4.69, 9.17) is 14.2 Å². The Labute approximate surface area is 401 Å². The van der Waals surface area contributed by atoms with Crippen LogP contribution in [0.25, 0.3) is 0 Å². The summed E-state index contributed by atoms with van der Waals surface area (Å²) in [7, 11) is 0. The standard InChI is InChI=1S/C59H100O6/c1-4-7-10-13-16-19-22-25-27-29-30-32-34-37-40-43-46-49-52-58(61)64-55-56(54-63-57(60)51-48-45-42-39-36-33-24-21-18-15-12-9-6-3)65-59(62)53-50-47-44-41-38-35-31-28-26-23-20-17-14-11-8-5-2/h10,13,16,19,22,25,27-33,36,56H,4-9,11-12,14-15,17-18,20-21,23-24,26,34-35,37-55H2,1-3H3/b13-10-,19-16-,25-22-,29-27-,31-28-,32-30-,36-33-. The van der Waals surface area contributed by atoms with Crippen LogP contribution in [0.3, 0.4) is 0 Å². The summed E-state index contributed by atoms with van der Waals surface area (Å²) < 4.78 is 16.8. The molecule has 65 heavy (non-hydrogen) atoms. The van der Waals surface area contributed by atoms with Gasteiger partial charge in [0.25, 0.3) is 0 Å². The predicted octanol–water partition coefficient (Wildman–Crippen LogP) is 18.0. The number of unbranched alkanes of at least 4 members (excludes halogenated alkanes) is 27. The SMILES string of the molecule is CCC\C=C/C=C\C=C/C=C\C=C/CCCCCCCC(=O)OCC(COC(=O)CCCCC/C=C\CCCCCCCC)OC(=O)CCCCCCC/C=C\CCCCCCCCC. The van der Waals surface area contributed by atoms with E-state index < -0.39 is 6.10 Å². The number of carbonyl (C=O) groups excluding carboxylic acids is 3. The van der Waals surface area contributed by atoms with Crippen molar-refractivity contribution >= 4 is 17.9 Å². The normalized spacial score (nSPS) is 12.7. The quantitative estimate of drug-likeness (QED) is 0.0199. The van der Waals surface area contributed by atoms with Gasteiger partial charge in [0, 0.05) is 19.3 Å². The Kier molecular flexibility index (Phi) is 50.4. The molecule has 0 aliphatic carbocycles. The minimum Gasteiger partial charge on any atom is -0.462 e. The van der Waals surface area contributed by atoms with Gasteiger partial charge in [-0.05, 0) is 89.9 Å². The summed E-state index contributed by atoms with van der Waals surface area (Å²) in [5.41, 5.74) is 0. The van der Waals surface area contributed by atoms with E-state index in [1.807, 2.05) is 24.3 Å². The molecule has 0 aromatic rings. The van der Waals surface area contributed by atoms with Gasteiger partial charge in [-0.25, -0.2) is 0 Å². The van der Waals surface area contributed by atoms with Crippen LogP contribution in [0, 0.1) is 0 Å². The third-order valence-corrected chi connectivity index (χ3v) is 11.5. The Morgan fingerprint density at radius 2 is 0.600 bits per heavy atom. The van der Waals surface area contributed by atoms with Crippen molar-refractivity contribution < 1.29 is 28.6 Å². The molecule has 6 nitrogen and oxygen atoms in total. The molecule has 1 atom stereocenters. The highest BCUT2D eigenvalue weighted by molar-refractivity contribution is 5.71. The molecule has 0 saturated carbocycles. The molecule has 0 aromatic heterocycles. The second kappa shape index (κ2) is 53.2. The molecule has 0 bridgehead atoms. The summed E-state index contributed by atoms with van der Waals surface area (Å²) in [5, 5.41) is 0. The minimum atomic E-state index is -0.798. The molecule has 0 aliphatic heterocycles. The number of carbonyl (C=O) groups is 3. The van der Waals surface area contributed by atoms with E-state index in [1.54, 1.807) is 0 Å². The van der Waals surface area contributed by atoms with Gasteiger partial charge in [-0.15, -0.1) is 0 Å². The first-order valence-electron chi connectivity index (χ1n) is 27.2. The largest absolute Gasteiger partial charge is 0.462 e. The Bertz CT molecular complexity index is 1270. The molecule has 0 radical (unpaired) electrons. The molecule has 0 aliphatic rings. The number of esters is 3. The average Bonchev–Trinajstić information content (AvgIpc) is 3.30. The van der Waals surface area contributed by atoms with Gasteiger partial charge < -0.3 is 14.2 Å². The second-order valence-corrected chi connectivity index (χ2v) is 17.9. The molecule has 0 fully saturated rings. The van der Waals surface area contributed by atoms with Crippen LogP contribution in [0.15, 0.2) is 85.1 Å². The van der Waals surface area contributed by atoms with Crippen molar-refractivity contribution in [3.05, 3.63) is 85.1 Å². The van der Waals surface area contributed by atoms with Gasteiger partial charge in [0.2, 0.25) is 0 Å². The Balaban J connectivity index is 4.47. The van der Waals surface area contributed by atoms with E-state index >= 15 is 0 Å². The van der Waals surface area contributed by atoms with Crippen LogP contribution in [0.1, 0.15) is 252 Å². The maximum absolute atomic E-state index is 12.8. The van der Waals surface area contributed by atoms with Crippen LogP contribution >= 0.6 is 0 Å². The van der Waals surface area contributed by atoms with Gasteiger partial charge >= 0.3 is 17.9 Å². The maximum Gasteiger partial charge on any atom is 0.306 e. The highest BCUT2D eigenvalue weighted by Gasteiger charge is 2.19. The van der Waals surface area contributed by atoms with Crippen molar-refractivity contribution in [3.8, 4) is 0 Å². The van der Waals surface area contributed by atoms with Crippen molar-refractivity contribution in [2.75, 3.05) is 13.2 Å². The molecule has 0 spiro atoms. The summed E-state index contributed by atoms with van der Waals surface area (Å²) in [4.78, 5) is 38.0. The van der Waals surface area contributed by atoms with E-state index in [2.05, 4.69) is 81.5 Å². The molecular formula is C59H100O6. The Morgan fingerprint density at radius 3 is 0.985 bits per heavy atom. The fourth-order valence-corrected chi connectivity index (χ4v) is 7.34. The highest BCUT2D eigenvalue weighted by atomic mass is 16.6. The summed E-state index contributed by atoms with van der Waals surface area (Å²) in [6.07, 6.45) is 68.4. The van der Waals surface area contributed by atoms with Crippen molar-refractivity contribution in [1.29, 1.82) is 0 Å². The smallest absolute Gasteiger partial charge is 0.306 e. The summed E-state index contributed by atoms with van der Waals surface area (Å²) in [5.74, 6) is -0.943. The van der Waals surface area contributed by atoms with Crippen LogP contribution in [-0.2, 0) is 28.6 Å². The zero-order valence-electron chi connectivity index (χ0n) is 42.5. The molecule has 372 valence electrons. The number of rotatable bonds is 48. The summed E-state index contributed by atoms with van der Waals surface area (Å²) in [6.45, 7) is 6.50. The zero-order valence-corrected chi connectivity index (χ0v) is 42.5. The first-order valence-corrected chi connectivity index (χ1v) is 27.2. The fraction of sp³-hybridized carbons (Fsp3) is 0.712. The van der Waals surface area contributed by atoms with E-state index in [-0.39, 0.29) is 31.1 Å². The first-order chi connectivity index (χ1) is 32.0. The molecular weight excluding hydrogens is 805 g/mol. The van der Waals surface area contributed by atoms with Crippen LogP contribution in [0.2, 0.25) is 0 Å². The number of allylic oxidation sites excluding steroid dienone is 14. The van der Waals surface area contributed by atoms with Crippen molar-refractivity contribution in [1.82, 2.24) is 0 Å². The van der Waals surface area contributed by atoms with E-state index in [0.717, 1.165) is 109 Å². The lowest BCUT2D eigenvalue weighted by molar-refractivity contribution is -0.167.